The second kappa shape index (κ2) is 7.95. The highest BCUT2D eigenvalue weighted by Crippen LogP contribution is 2.28. The van der Waals surface area contributed by atoms with Gasteiger partial charge in [-0.2, -0.15) is 0 Å². The lowest BCUT2D eigenvalue weighted by molar-refractivity contribution is 0.0711. The van der Waals surface area contributed by atoms with Gasteiger partial charge in [0, 0.05) is 50.1 Å². The van der Waals surface area contributed by atoms with Gasteiger partial charge in [0.2, 0.25) is 5.56 Å². The molecule has 1 amide bonds. The van der Waals surface area contributed by atoms with Gasteiger partial charge in [0.15, 0.2) is 0 Å². The summed E-state index contributed by atoms with van der Waals surface area (Å²) in [7, 11) is 1.63. The van der Waals surface area contributed by atoms with E-state index in [4.69, 9.17) is 0 Å². The molecule has 0 N–H and O–H groups in total. The number of halogens is 1. The molecule has 6 nitrogen and oxygen atoms in total. The van der Waals surface area contributed by atoms with E-state index in [1.165, 1.54) is 22.8 Å². The highest BCUT2D eigenvalue weighted by Gasteiger charge is 2.26. The van der Waals surface area contributed by atoms with Gasteiger partial charge in [0.1, 0.15) is 5.82 Å². The molecule has 29 heavy (non-hydrogen) atoms. The van der Waals surface area contributed by atoms with Crippen molar-refractivity contribution in [3.63, 3.8) is 0 Å². The molecule has 2 aromatic heterocycles. The lowest BCUT2D eigenvalue weighted by atomic mass is 9.93. The van der Waals surface area contributed by atoms with Crippen molar-refractivity contribution in [1.29, 1.82) is 0 Å². The number of likely N-dealkylation sites (tertiary alicyclic amines) is 1. The third kappa shape index (κ3) is 4.08. The molecule has 0 spiro atoms. The second-order valence-corrected chi connectivity index (χ2v) is 7.27. The fourth-order valence-electron chi connectivity index (χ4n) is 3.65. The van der Waals surface area contributed by atoms with Gasteiger partial charge in [0.25, 0.3) is 5.91 Å². The summed E-state index contributed by atoms with van der Waals surface area (Å²) < 4.78 is 14.9. The molecule has 0 saturated carbocycles. The maximum absolute atomic E-state index is 13.5. The quantitative estimate of drug-likeness (QED) is 0.687. The number of benzene rings is 1. The van der Waals surface area contributed by atoms with E-state index in [0.29, 0.717) is 29.9 Å². The average Bonchev–Trinajstić information content (AvgIpc) is 2.75. The molecular weight excluding hydrogens is 371 g/mol. The molecule has 1 saturated heterocycles. The molecule has 0 aliphatic carbocycles. The van der Waals surface area contributed by atoms with Gasteiger partial charge in [-0.1, -0.05) is 12.1 Å². The highest BCUT2D eigenvalue weighted by molar-refractivity contribution is 5.94. The second-order valence-electron chi connectivity index (χ2n) is 7.27. The van der Waals surface area contributed by atoms with Crippen LogP contribution in [0, 0.1) is 5.82 Å². The largest absolute Gasteiger partial charge is 0.339 e. The number of carbonyl (C=O) groups excluding carboxylic acids is 1. The van der Waals surface area contributed by atoms with E-state index < -0.39 is 0 Å². The third-order valence-electron chi connectivity index (χ3n) is 5.31. The van der Waals surface area contributed by atoms with Crippen LogP contribution in [0.3, 0.4) is 0 Å². The maximum atomic E-state index is 13.5. The normalized spacial score (nSPS) is 14.8. The highest BCUT2D eigenvalue weighted by atomic mass is 19.1. The summed E-state index contributed by atoms with van der Waals surface area (Å²) in [4.78, 5) is 35.0. The summed E-state index contributed by atoms with van der Waals surface area (Å²) in [6, 6.07) is 9.30. The first kappa shape index (κ1) is 19.0. The van der Waals surface area contributed by atoms with E-state index in [1.54, 1.807) is 42.7 Å². The average molecular weight is 392 g/mol. The minimum atomic E-state index is -0.306. The van der Waals surface area contributed by atoms with Crippen LogP contribution in [0.5, 0.6) is 0 Å². The van der Waals surface area contributed by atoms with Crippen LogP contribution < -0.4 is 5.56 Å². The topological polar surface area (TPSA) is 68.1 Å². The maximum Gasteiger partial charge on any atom is 0.255 e. The summed E-state index contributed by atoms with van der Waals surface area (Å²) in [6.45, 7) is 1.22. The molecule has 3 heterocycles. The van der Waals surface area contributed by atoms with Crippen molar-refractivity contribution >= 4 is 5.91 Å². The Labute approximate surface area is 167 Å². The molecule has 1 fully saturated rings. The zero-order chi connectivity index (χ0) is 20.4. The fourth-order valence-corrected chi connectivity index (χ4v) is 3.65. The molecule has 3 aromatic rings. The smallest absolute Gasteiger partial charge is 0.255 e. The van der Waals surface area contributed by atoms with Crippen molar-refractivity contribution in [3.8, 4) is 11.3 Å². The van der Waals surface area contributed by atoms with E-state index in [2.05, 4.69) is 9.97 Å². The van der Waals surface area contributed by atoms with Crippen LogP contribution in [0.25, 0.3) is 11.3 Å². The van der Waals surface area contributed by atoms with Gasteiger partial charge < -0.3 is 9.47 Å². The molecule has 1 aromatic carbocycles. The van der Waals surface area contributed by atoms with E-state index in [9.17, 15) is 14.0 Å². The lowest BCUT2D eigenvalue weighted by Gasteiger charge is -2.31. The van der Waals surface area contributed by atoms with Gasteiger partial charge in [-0.05, 0) is 31.0 Å². The summed E-state index contributed by atoms with van der Waals surface area (Å²) in [5.41, 5.74) is 2.57. The van der Waals surface area contributed by atoms with Gasteiger partial charge in [-0.15, -0.1) is 0 Å². The van der Waals surface area contributed by atoms with Gasteiger partial charge >= 0.3 is 0 Å². The minimum Gasteiger partial charge on any atom is -0.339 e. The number of carbonyl (C=O) groups is 1. The van der Waals surface area contributed by atoms with Crippen molar-refractivity contribution in [2.24, 2.45) is 7.05 Å². The number of amides is 1. The Kier molecular flexibility index (Phi) is 5.20. The monoisotopic (exact) mass is 392 g/mol. The van der Waals surface area contributed by atoms with Gasteiger partial charge in [-0.25, -0.2) is 9.37 Å². The van der Waals surface area contributed by atoms with Crippen molar-refractivity contribution in [1.82, 2.24) is 19.4 Å². The predicted octanol–water partition coefficient (Wildman–Crippen LogP) is 3.00. The van der Waals surface area contributed by atoms with Crippen LogP contribution in [-0.4, -0.2) is 38.4 Å². The first-order valence-electron chi connectivity index (χ1n) is 9.55. The molecule has 4 rings (SSSR count). The Morgan fingerprint density at radius 1 is 1.14 bits per heavy atom. The van der Waals surface area contributed by atoms with E-state index in [-0.39, 0.29) is 23.2 Å². The minimum absolute atomic E-state index is 0.0707. The van der Waals surface area contributed by atoms with E-state index in [1.807, 2.05) is 6.07 Å². The number of aromatic nitrogens is 3. The first-order valence-corrected chi connectivity index (χ1v) is 9.55. The number of hydrogen-bond acceptors (Lipinski definition) is 4. The zero-order valence-electron chi connectivity index (χ0n) is 16.1. The first-order chi connectivity index (χ1) is 14.0. The molecular formula is C22H21FN4O2. The zero-order valence-corrected chi connectivity index (χ0v) is 16.1. The number of pyridine rings is 1. The van der Waals surface area contributed by atoms with Crippen LogP contribution in [0.2, 0.25) is 0 Å². The van der Waals surface area contributed by atoms with Gasteiger partial charge in [0.05, 0.1) is 23.1 Å². The molecule has 1 aliphatic rings. The van der Waals surface area contributed by atoms with Crippen molar-refractivity contribution in [3.05, 3.63) is 82.4 Å². The lowest BCUT2D eigenvalue weighted by Crippen LogP contribution is -2.38. The molecule has 7 heteroatoms. The van der Waals surface area contributed by atoms with Crippen LogP contribution in [0.1, 0.15) is 34.8 Å². The Balaban J connectivity index is 1.46. The summed E-state index contributed by atoms with van der Waals surface area (Å²) >= 11 is 0. The molecule has 0 radical (unpaired) electrons. The number of aryl methyl sites for hydroxylation is 1. The Morgan fingerprint density at radius 3 is 2.66 bits per heavy atom. The summed E-state index contributed by atoms with van der Waals surface area (Å²) in [5.74, 6) is -0.182. The SMILES string of the molecule is Cn1cc(C(=O)N2CCC(c3cncc(-c4cccc(F)c4)n3)CC2)ccc1=O. The molecule has 0 bridgehead atoms. The van der Waals surface area contributed by atoms with Crippen molar-refractivity contribution in [2.75, 3.05) is 13.1 Å². The molecule has 1 aliphatic heterocycles. The predicted molar refractivity (Wildman–Crippen MR) is 107 cm³/mol. The Bertz CT molecular complexity index is 1100. The standard InChI is InChI=1S/C22H21FN4O2/c1-26-14-17(5-6-21(26)28)22(29)27-9-7-15(8-10-27)19-12-24-13-20(25-19)16-3-2-4-18(23)11-16/h2-6,11-15H,7-10H2,1H3. The Morgan fingerprint density at radius 2 is 1.93 bits per heavy atom. The summed E-state index contributed by atoms with van der Waals surface area (Å²) in [6.07, 6.45) is 6.51. The molecule has 0 unspecified atom stereocenters. The molecule has 148 valence electrons. The van der Waals surface area contributed by atoms with Gasteiger partial charge in [-0.3, -0.25) is 14.6 Å². The van der Waals surface area contributed by atoms with Crippen LogP contribution in [0.15, 0.2) is 59.8 Å². The number of piperidine rings is 1. The number of hydrogen-bond donors (Lipinski definition) is 0. The van der Waals surface area contributed by atoms with E-state index >= 15 is 0 Å². The fraction of sp³-hybridized carbons (Fsp3) is 0.273. The number of rotatable bonds is 3. The summed E-state index contributed by atoms with van der Waals surface area (Å²) in [5, 5.41) is 0. The van der Waals surface area contributed by atoms with Crippen LogP contribution in [0.4, 0.5) is 4.39 Å². The van der Waals surface area contributed by atoms with Crippen LogP contribution in [-0.2, 0) is 7.05 Å². The molecule has 0 atom stereocenters. The Hall–Kier alpha value is -3.35. The third-order valence-corrected chi connectivity index (χ3v) is 5.31. The van der Waals surface area contributed by atoms with Crippen LogP contribution >= 0.6 is 0 Å². The van der Waals surface area contributed by atoms with Crippen molar-refractivity contribution in [2.45, 2.75) is 18.8 Å². The number of nitrogens with zero attached hydrogens (tertiary/aromatic N) is 4. The van der Waals surface area contributed by atoms with Crippen molar-refractivity contribution < 1.29 is 9.18 Å². The van der Waals surface area contributed by atoms with E-state index in [0.717, 1.165) is 18.5 Å².